The lowest BCUT2D eigenvalue weighted by molar-refractivity contribution is 0.268. The third-order valence-electron chi connectivity index (χ3n) is 2.30. The van der Waals surface area contributed by atoms with E-state index in [9.17, 15) is 0 Å². The Labute approximate surface area is 82.5 Å². The van der Waals surface area contributed by atoms with Gasteiger partial charge >= 0.3 is 0 Å². The second kappa shape index (κ2) is 3.60. The summed E-state index contributed by atoms with van der Waals surface area (Å²) in [4.78, 5) is 1.25. The van der Waals surface area contributed by atoms with Gasteiger partial charge in [0, 0.05) is 22.9 Å². The average molecular weight is 195 g/mol. The van der Waals surface area contributed by atoms with E-state index in [1.807, 2.05) is 6.07 Å². The van der Waals surface area contributed by atoms with Crippen molar-refractivity contribution in [1.82, 2.24) is 0 Å². The summed E-state index contributed by atoms with van der Waals surface area (Å²) in [5.74, 6) is 0.955. The van der Waals surface area contributed by atoms with Gasteiger partial charge < -0.3 is 10.5 Å². The summed E-state index contributed by atoms with van der Waals surface area (Å²) < 4.78 is 5.50. The van der Waals surface area contributed by atoms with Gasteiger partial charge in [-0.2, -0.15) is 0 Å². The van der Waals surface area contributed by atoms with E-state index in [1.54, 1.807) is 11.8 Å². The molecule has 0 saturated carbocycles. The predicted molar refractivity (Wildman–Crippen MR) is 55.3 cm³/mol. The van der Waals surface area contributed by atoms with Gasteiger partial charge in [0.15, 0.2) is 0 Å². The molecule has 1 aromatic carbocycles. The van der Waals surface area contributed by atoms with Crippen molar-refractivity contribution in [3.05, 3.63) is 23.8 Å². The number of fused-ring (bicyclic) bond motifs is 1. The van der Waals surface area contributed by atoms with Crippen LogP contribution in [0.5, 0.6) is 5.75 Å². The first-order valence-electron chi connectivity index (χ1n) is 4.37. The van der Waals surface area contributed by atoms with E-state index >= 15 is 0 Å². The molecule has 0 bridgehead atoms. The van der Waals surface area contributed by atoms with E-state index in [0.717, 1.165) is 24.3 Å². The van der Waals surface area contributed by atoms with Crippen molar-refractivity contribution >= 4 is 11.8 Å². The molecular formula is C10H13NOS. The minimum atomic E-state index is 0.149. The zero-order chi connectivity index (χ0) is 9.26. The zero-order valence-electron chi connectivity index (χ0n) is 7.62. The smallest absolute Gasteiger partial charge is 0.124 e. The second-order valence-electron chi connectivity index (χ2n) is 3.15. The largest absolute Gasteiger partial charge is 0.493 e. The number of hydrogen-bond acceptors (Lipinski definition) is 3. The van der Waals surface area contributed by atoms with Gasteiger partial charge in [0.25, 0.3) is 0 Å². The van der Waals surface area contributed by atoms with Crippen molar-refractivity contribution in [2.75, 3.05) is 12.9 Å². The first-order chi connectivity index (χ1) is 6.31. The molecule has 2 rings (SSSR count). The van der Waals surface area contributed by atoms with Crippen LogP contribution in [0.25, 0.3) is 0 Å². The Morgan fingerprint density at radius 3 is 3.15 bits per heavy atom. The molecule has 0 spiro atoms. The maximum Gasteiger partial charge on any atom is 0.124 e. The average Bonchev–Trinajstić information content (AvgIpc) is 2.18. The number of thioether (sulfide) groups is 1. The molecule has 0 saturated heterocycles. The molecule has 13 heavy (non-hydrogen) atoms. The van der Waals surface area contributed by atoms with E-state index < -0.39 is 0 Å². The highest BCUT2D eigenvalue weighted by molar-refractivity contribution is 7.98. The fraction of sp³-hybridized carbons (Fsp3) is 0.400. The molecule has 0 aliphatic carbocycles. The van der Waals surface area contributed by atoms with Crippen molar-refractivity contribution in [3.8, 4) is 5.75 Å². The Balaban J connectivity index is 2.41. The molecule has 1 aromatic rings. The maximum absolute atomic E-state index is 5.98. The van der Waals surface area contributed by atoms with Gasteiger partial charge in [0.05, 0.1) is 6.61 Å². The van der Waals surface area contributed by atoms with Gasteiger partial charge in [-0.1, -0.05) is 0 Å². The maximum atomic E-state index is 5.98. The standard InChI is InChI=1S/C10H13NOS/c1-13-7-2-3-10-8(6-7)9(11)4-5-12-10/h2-3,6,9H,4-5,11H2,1H3. The van der Waals surface area contributed by atoms with Gasteiger partial charge in [-0.15, -0.1) is 11.8 Å². The second-order valence-corrected chi connectivity index (χ2v) is 4.03. The summed E-state index contributed by atoms with van der Waals surface area (Å²) in [5, 5.41) is 0. The van der Waals surface area contributed by atoms with Crippen LogP contribution < -0.4 is 10.5 Å². The van der Waals surface area contributed by atoms with E-state index in [4.69, 9.17) is 10.5 Å². The molecule has 70 valence electrons. The van der Waals surface area contributed by atoms with Gasteiger partial charge in [0.1, 0.15) is 5.75 Å². The highest BCUT2D eigenvalue weighted by atomic mass is 32.2. The van der Waals surface area contributed by atoms with Crippen LogP contribution in [0.4, 0.5) is 0 Å². The lowest BCUT2D eigenvalue weighted by Crippen LogP contribution is -2.20. The van der Waals surface area contributed by atoms with Gasteiger partial charge in [-0.25, -0.2) is 0 Å². The van der Waals surface area contributed by atoms with Gasteiger partial charge in [-0.05, 0) is 24.5 Å². The first-order valence-corrected chi connectivity index (χ1v) is 5.60. The lowest BCUT2D eigenvalue weighted by atomic mass is 10.0. The number of hydrogen-bond donors (Lipinski definition) is 1. The van der Waals surface area contributed by atoms with Crippen molar-refractivity contribution in [3.63, 3.8) is 0 Å². The number of rotatable bonds is 1. The van der Waals surface area contributed by atoms with E-state index in [-0.39, 0.29) is 6.04 Å². The third kappa shape index (κ3) is 1.67. The molecule has 1 aliphatic rings. The topological polar surface area (TPSA) is 35.2 Å². The molecule has 1 unspecified atom stereocenters. The molecule has 1 atom stereocenters. The van der Waals surface area contributed by atoms with Crippen LogP contribution >= 0.6 is 11.8 Å². The minimum Gasteiger partial charge on any atom is -0.493 e. The summed E-state index contributed by atoms with van der Waals surface area (Å²) in [6.45, 7) is 0.743. The number of ether oxygens (including phenoxy) is 1. The van der Waals surface area contributed by atoms with Crippen molar-refractivity contribution in [1.29, 1.82) is 0 Å². The monoisotopic (exact) mass is 195 g/mol. The van der Waals surface area contributed by atoms with Crippen molar-refractivity contribution in [2.45, 2.75) is 17.4 Å². The molecular weight excluding hydrogens is 182 g/mol. The Bertz CT molecular complexity index is 314. The summed E-state index contributed by atoms with van der Waals surface area (Å²) in [6, 6.07) is 6.36. The highest BCUT2D eigenvalue weighted by Crippen LogP contribution is 2.33. The van der Waals surface area contributed by atoms with Gasteiger partial charge in [0.2, 0.25) is 0 Å². The SMILES string of the molecule is CSc1ccc2c(c1)C(N)CCO2. The minimum absolute atomic E-state index is 0.149. The molecule has 3 heteroatoms. The van der Waals surface area contributed by atoms with Crippen LogP contribution in [0.2, 0.25) is 0 Å². The van der Waals surface area contributed by atoms with E-state index in [1.165, 1.54) is 4.90 Å². The fourth-order valence-electron chi connectivity index (χ4n) is 1.53. The van der Waals surface area contributed by atoms with Crippen molar-refractivity contribution in [2.24, 2.45) is 5.73 Å². The quantitative estimate of drug-likeness (QED) is 0.698. The Morgan fingerprint density at radius 2 is 2.38 bits per heavy atom. The molecule has 0 fully saturated rings. The molecule has 1 heterocycles. The molecule has 1 aliphatic heterocycles. The lowest BCUT2D eigenvalue weighted by Gasteiger charge is -2.23. The van der Waals surface area contributed by atoms with Crippen LogP contribution in [0.3, 0.4) is 0 Å². The number of benzene rings is 1. The normalized spacial score (nSPS) is 20.6. The van der Waals surface area contributed by atoms with Crippen LogP contribution in [-0.4, -0.2) is 12.9 Å². The Morgan fingerprint density at radius 1 is 1.54 bits per heavy atom. The summed E-state index contributed by atoms with van der Waals surface area (Å²) in [6.07, 6.45) is 2.99. The van der Waals surface area contributed by atoms with Crippen LogP contribution in [0.15, 0.2) is 23.1 Å². The molecule has 0 amide bonds. The molecule has 0 aromatic heterocycles. The predicted octanol–water partition coefficient (Wildman–Crippen LogP) is 2.19. The van der Waals surface area contributed by atoms with Crippen LogP contribution in [0.1, 0.15) is 18.0 Å². The van der Waals surface area contributed by atoms with E-state index in [2.05, 4.69) is 18.4 Å². The fourth-order valence-corrected chi connectivity index (χ4v) is 1.98. The Kier molecular flexibility index (Phi) is 2.47. The molecule has 2 nitrogen and oxygen atoms in total. The third-order valence-corrected chi connectivity index (χ3v) is 3.03. The van der Waals surface area contributed by atoms with E-state index in [0.29, 0.717) is 0 Å². The molecule has 2 N–H and O–H groups in total. The summed E-state index contributed by atoms with van der Waals surface area (Å²) in [5.41, 5.74) is 7.13. The Hall–Kier alpha value is -0.670. The van der Waals surface area contributed by atoms with Crippen molar-refractivity contribution < 1.29 is 4.74 Å². The molecule has 0 radical (unpaired) electrons. The highest BCUT2D eigenvalue weighted by Gasteiger charge is 2.17. The zero-order valence-corrected chi connectivity index (χ0v) is 8.43. The first kappa shape index (κ1) is 8.91. The van der Waals surface area contributed by atoms with Crippen LogP contribution in [0, 0.1) is 0 Å². The number of nitrogens with two attached hydrogens (primary N) is 1. The van der Waals surface area contributed by atoms with Crippen LogP contribution in [-0.2, 0) is 0 Å². The summed E-state index contributed by atoms with van der Waals surface area (Å²) in [7, 11) is 0. The van der Waals surface area contributed by atoms with Gasteiger partial charge in [-0.3, -0.25) is 0 Å². The summed E-state index contributed by atoms with van der Waals surface area (Å²) >= 11 is 1.73.